The molecular formula is C21H30FIN4O3. The van der Waals surface area contributed by atoms with E-state index in [1.807, 2.05) is 13.8 Å². The summed E-state index contributed by atoms with van der Waals surface area (Å²) in [6.07, 6.45) is 2.74. The quantitative estimate of drug-likeness (QED) is 0.189. The third kappa shape index (κ3) is 8.21. The van der Waals surface area contributed by atoms with Crippen LogP contribution in [0.15, 0.2) is 46.0 Å². The van der Waals surface area contributed by atoms with Crippen LogP contribution in [0.25, 0.3) is 0 Å². The molecule has 0 radical (unpaired) electrons. The number of furan rings is 1. The number of halogens is 2. The molecule has 0 aliphatic carbocycles. The van der Waals surface area contributed by atoms with Gasteiger partial charge in [0.1, 0.15) is 6.10 Å². The summed E-state index contributed by atoms with van der Waals surface area (Å²) >= 11 is 0. The Labute approximate surface area is 193 Å². The van der Waals surface area contributed by atoms with E-state index in [0.717, 1.165) is 18.4 Å². The van der Waals surface area contributed by atoms with Gasteiger partial charge >= 0.3 is 0 Å². The number of hydrogen-bond acceptors (Lipinski definition) is 4. The van der Waals surface area contributed by atoms with Gasteiger partial charge in [0.2, 0.25) is 0 Å². The zero-order chi connectivity index (χ0) is 21.1. The molecule has 1 atom stereocenters. The molecule has 30 heavy (non-hydrogen) atoms. The molecule has 0 saturated heterocycles. The molecule has 0 spiro atoms. The predicted molar refractivity (Wildman–Crippen MR) is 126 cm³/mol. The Balaban J connectivity index is 0.00000450. The second-order valence-corrected chi connectivity index (χ2v) is 6.50. The largest absolute Gasteiger partial charge is 0.486 e. The van der Waals surface area contributed by atoms with E-state index >= 15 is 0 Å². The number of aryl methyl sites for hydroxylation is 1. The first-order valence-corrected chi connectivity index (χ1v) is 9.73. The summed E-state index contributed by atoms with van der Waals surface area (Å²) in [5, 5.41) is 9.18. The molecule has 0 saturated carbocycles. The summed E-state index contributed by atoms with van der Waals surface area (Å²) in [4.78, 5) is 16.1. The van der Waals surface area contributed by atoms with Gasteiger partial charge in [-0.3, -0.25) is 9.79 Å². The number of nitrogens with zero attached hydrogens (tertiary/aromatic N) is 1. The van der Waals surface area contributed by atoms with Crippen molar-refractivity contribution in [2.24, 2.45) is 4.99 Å². The minimum Gasteiger partial charge on any atom is -0.486 e. The van der Waals surface area contributed by atoms with Gasteiger partial charge in [-0.15, -0.1) is 24.0 Å². The van der Waals surface area contributed by atoms with E-state index in [2.05, 4.69) is 20.9 Å². The SMILES string of the molecule is CCC(CNC(=NC)NCCCNC(=O)c1occc1C)Oc1ccccc1F.I. The second-order valence-electron chi connectivity index (χ2n) is 6.50. The molecule has 0 bridgehead atoms. The van der Waals surface area contributed by atoms with Crippen LogP contribution in [0.1, 0.15) is 35.9 Å². The van der Waals surface area contributed by atoms with Crippen molar-refractivity contribution >= 4 is 35.8 Å². The van der Waals surface area contributed by atoms with E-state index in [9.17, 15) is 9.18 Å². The standard InChI is InChI=1S/C21H29FN4O3.HI/c1-4-16(29-18-9-6-5-8-17(18)22)14-26-21(23-3)25-12-7-11-24-20(27)19-15(2)10-13-28-19;/h5-6,8-10,13,16H,4,7,11-12,14H2,1-3H3,(H,24,27)(H2,23,25,26);1H. The number of nitrogens with one attached hydrogen (secondary N) is 3. The first kappa shape index (κ1) is 25.7. The minimum atomic E-state index is -0.375. The van der Waals surface area contributed by atoms with Crippen LogP contribution in [-0.4, -0.2) is 44.7 Å². The fraction of sp³-hybridized carbons (Fsp3) is 0.429. The summed E-state index contributed by atoms with van der Waals surface area (Å²) in [6.45, 7) is 5.43. The number of carbonyl (C=O) groups excluding carboxylic acids is 1. The Kier molecular flexibility index (Phi) is 11.9. The van der Waals surface area contributed by atoms with Crippen LogP contribution in [0.4, 0.5) is 4.39 Å². The molecule has 1 heterocycles. The first-order valence-electron chi connectivity index (χ1n) is 9.73. The van der Waals surface area contributed by atoms with E-state index in [1.165, 1.54) is 12.3 Å². The molecule has 0 fully saturated rings. The van der Waals surface area contributed by atoms with Gasteiger partial charge in [0.05, 0.1) is 12.8 Å². The molecule has 1 amide bonds. The summed E-state index contributed by atoms with van der Waals surface area (Å²) in [5.74, 6) is 0.614. The van der Waals surface area contributed by atoms with E-state index in [4.69, 9.17) is 9.15 Å². The van der Waals surface area contributed by atoms with Gasteiger partial charge in [0.25, 0.3) is 5.91 Å². The van der Waals surface area contributed by atoms with E-state index in [-0.39, 0.29) is 47.6 Å². The summed E-state index contributed by atoms with van der Waals surface area (Å²) in [7, 11) is 1.68. The van der Waals surface area contributed by atoms with E-state index < -0.39 is 0 Å². The highest BCUT2D eigenvalue weighted by Gasteiger charge is 2.13. The van der Waals surface area contributed by atoms with Gasteiger partial charge < -0.3 is 25.1 Å². The fourth-order valence-corrected chi connectivity index (χ4v) is 2.60. The maximum atomic E-state index is 13.7. The number of para-hydroxylation sites is 1. The van der Waals surface area contributed by atoms with Crippen molar-refractivity contribution in [3.63, 3.8) is 0 Å². The summed E-state index contributed by atoms with van der Waals surface area (Å²) < 4.78 is 24.6. The zero-order valence-corrected chi connectivity index (χ0v) is 19.9. The lowest BCUT2D eigenvalue weighted by Gasteiger charge is -2.20. The van der Waals surface area contributed by atoms with Crippen LogP contribution in [-0.2, 0) is 0 Å². The van der Waals surface area contributed by atoms with E-state index in [0.29, 0.717) is 31.4 Å². The van der Waals surface area contributed by atoms with Crippen LogP contribution < -0.4 is 20.7 Å². The molecule has 0 aliphatic rings. The number of carbonyl (C=O) groups is 1. The van der Waals surface area contributed by atoms with Crippen LogP contribution in [0, 0.1) is 12.7 Å². The molecule has 1 aromatic heterocycles. The minimum absolute atomic E-state index is 0. The molecule has 1 unspecified atom stereocenters. The lowest BCUT2D eigenvalue weighted by molar-refractivity contribution is 0.0925. The summed E-state index contributed by atoms with van der Waals surface area (Å²) in [6, 6.07) is 8.12. The van der Waals surface area contributed by atoms with Crippen molar-refractivity contribution in [2.75, 3.05) is 26.7 Å². The molecule has 1 aromatic carbocycles. The third-order valence-electron chi connectivity index (χ3n) is 4.31. The van der Waals surface area contributed by atoms with Gasteiger partial charge in [-0.2, -0.15) is 0 Å². The van der Waals surface area contributed by atoms with Gasteiger partial charge in [-0.1, -0.05) is 19.1 Å². The first-order chi connectivity index (χ1) is 14.0. The topological polar surface area (TPSA) is 87.9 Å². The van der Waals surface area contributed by atoms with Gasteiger partial charge in [-0.25, -0.2) is 4.39 Å². The van der Waals surface area contributed by atoms with Crippen molar-refractivity contribution in [1.29, 1.82) is 0 Å². The Morgan fingerprint density at radius 1 is 1.20 bits per heavy atom. The average molecular weight is 532 g/mol. The van der Waals surface area contributed by atoms with Crippen LogP contribution in [0.3, 0.4) is 0 Å². The third-order valence-corrected chi connectivity index (χ3v) is 4.31. The predicted octanol–water partition coefficient (Wildman–Crippen LogP) is 3.49. The molecule has 166 valence electrons. The van der Waals surface area contributed by atoms with Crippen LogP contribution in [0.2, 0.25) is 0 Å². The Morgan fingerprint density at radius 2 is 1.93 bits per heavy atom. The number of hydrogen-bond donors (Lipinski definition) is 3. The fourth-order valence-electron chi connectivity index (χ4n) is 2.60. The molecule has 0 aliphatic heterocycles. The normalized spacial score (nSPS) is 11.9. The van der Waals surface area contributed by atoms with Crippen LogP contribution in [0.5, 0.6) is 5.75 Å². The van der Waals surface area contributed by atoms with Crippen molar-refractivity contribution in [1.82, 2.24) is 16.0 Å². The summed E-state index contributed by atoms with van der Waals surface area (Å²) in [5.41, 5.74) is 0.813. The molecule has 2 rings (SSSR count). The molecule has 9 heteroatoms. The molecule has 2 aromatic rings. The molecular weight excluding hydrogens is 502 g/mol. The number of benzene rings is 1. The highest BCUT2D eigenvalue weighted by Crippen LogP contribution is 2.17. The number of rotatable bonds is 10. The van der Waals surface area contributed by atoms with Crippen molar-refractivity contribution in [2.45, 2.75) is 32.8 Å². The average Bonchev–Trinajstić information content (AvgIpc) is 3.16. The van der Waals surface area contributed by atoms with Gasteiger partial charge in [0.15, 0.2) is 23.3 Å². The Hall–Kier alpha value is -2.30. The van der Waals surface area contributed by atoms with Crippen LogP contribution >= 0.6 is 24.0 Å². The number of guanidine groups is 1. The highest BCUT2D eigenvalue weighted by molar-refractivity contribution is 14.0. The zero-order valence-electron chi connectivity index (χ0n) is 17.5. The van der Waals surface area contributed by atoms with Gasteiger partial charge in [0, 0.05) is 25.7 Å². The number of amides is 1. The van der Waals surface area contributed by atoms with Crippen molar-refractivity contribution in [3.05, 3.63) is 53.7 Å². The van der Waals surface area contributed by atoms with Gasteiger partial charge in [-0.05, 0) is 38.0 Å². The lowest BCUT2D eigenvalue weighted by atomic mass is 10.2. The van der Waals surface area contributed by atoms with Crippen molar-refractivity contribution in [3.8, 4) is 5.75 Å². The molecule has 7 nitrogen and oxygen atoms in total. The maximum Gasteiger partial charge on any atom is 0.287 e. The molecule has 3 N–H and O–H groups in total. The number of ether oxygens (including phenoxy) is 1. The lowest BCUT2D eigenvalue weighted by Crippen LogP contribution is -2.43. The Morgan fingerprint density at radius 3 is 2.57 bits per heavy atom. The second kappa shape index (κ2) is 13.8. The van der Waals surface area contributed by atoms with E-state index in [1.54, 1.807) is 31.3 Å². The van der Waals surface area contributed by atoms with Crippen molar-refractivity contribution < 1.29 is 18.3 Å². The number of aliphatic imine (C=N–C) groups is 1. The Bertz CT molecular complexity index is 813. The smallest absolute Gasteiger partial charge is 0.287 e. The maximum absolute atomic E-state index is 13.7. The highest BCUT2D eigenvalue weighted by atomic mass is 127. The monoisotopic (exact) mass is 532 g/mol.